The lowest BCUT2D eigenvalue weighted by Crippen LogP contribution is -2.46. The number of rotatable bonds is 0. The molecule has 0 aromatic heterocycles. The van der Waals surface area contributed by atoms with Crippen LogP contribution in [-0.4, -0.2) is 17.0 Å². The molecule has 0 amide bonds. The number of fused-ring (bicyclic) bond motifs is 1. The van der Waals surface area contributed by atoms with Crippen molar-refractivity contribution in [2.24, 2.45) is 17.3 Å². The Morgan fingerprint density at radius 3 is 3.00 bits per heavy atom. The summed E-state index contributed by atoms with van der Waals surface area (Å²) < 4.78 is 0. The average Bonchev–Trinajstić information content (AvgIpc) is 2.49. The summed E-state index contributed by atoms with van der Waals surface area (Å²) in [5.74, 6) is 0.894. The second-order valence-corrected chi connectivity index (χ2v) is 5.64. The molecule has 0 aromatic carbocycles. The van der Waals surface area contributed by atoms with Gasteiger partial charge in [-0.3, -0.25) is 4.79 Å². The molecule has 0 aromatic rings. The average molecular weight is 206 g/mol. The normalized spacial score (nSPS) is 49.3. The Labute approximate surface area is 90.4 Å². The maximum atomic E-state index is 11.9. The first-order chi connectivity index (χ1) is 7.13. The predicted molar refractivity (Wildman–Crippen MR) is 57.3 cm³/mol. The molecule has 3 saturated carbocycles. The van der Waals surface area contributed by atoms with Gasteiger partial charge in [0.05, 0.1) is 6.10 Å². The highest BCUT2D eigenvalue weighted by Gasteiger charge is 2.57. The molecule has 1 N–H and O–H groups in total. The first-order valence-corrected chi connectivity index (χ1v) is 6.02. The topological polar surface area (TPSA) is 37.3 Å². The van der Waals surface area contributed by atoms with Gasteiger partial charge in [-0.15, -0.1) is 0 Å². The van der Waals surface area contributed by atoms with Crippen molar-refractivity contribution >= 4 is 5.78 Å². The maximum Gasteiger partial charge on any atom is 0.140 e. The van der Waals surface area contributed by atoms with E-state index in [4.69, 9.17) is 0 Å². The second kappa shape index (κ2) is 2.94. The molecule has 3 rings (SSSR count). The number of hydrogen-bond acceptors (Lipinski definition) is 2. The minimum absolute atomic E-state index is 0.0356. The monoisotopic (exact) mass is 206 g/mol. The number of aliphatic hydroxyl groups excluding tert-OH is 1. The van der Waals surface area contributed by atoms with Crippen LogP contribution in [0.4, 0.5) is 0 Å². The highest BCUT2D eigenvalue weighted by atomic mass is 16.3. The van der Waals surface area contributed by atoms with Gasteiger partial charge in [0.1, 0.15) is 5.78 Å². The lowest BCUT2D eigenvalue weighted by molar-refractivity contribution is -0.133. The van der Waals surface area contributed by atoms with E-state index in [9.17, 15) is 9.90 Å². The Hall–Kier alpha value is -0.630. The van der Waals surface area contributed by atoms with Gasteiger partial charge in [-0.25, -0.2) is 0 Å². The van der Waals surface area contributed by atoms with E-state index >= 15 is 0 Å². The molecule has 2 nitrogen and oxygen atoms in total. The number of ketones is 1. The Morgan fingerprint density at radius 2 is 2.20 bits per heavy atom. The van der Waals surface area contributed by atoms with Crippen LogP contribution in [0.3, 0.4) is 0 Å². The van der Waals surface area contributed by atoms with Gasteiger partial charge in [0.15, 0.2) is 0 Å². The number of aliphatic hydroxyl groups is 1. The molecule has 2 bridgehead atoms. The van der Waals surface area contributed by atoms with Crippen LogP contribution in [0, 0.1) is 17.3 Å². The molecule has 2 heteroatoms. The van der Waals surface area contributed by atoms with Crippen molar-refractivity contribution in [3.05, 3.63) is 12.2 Å². The highest BCUT2D eigenvalue weighted by Crippen LogP contribution is 2.60. The number of carbonyl (C=O) groups is 1. The summed E-state index contributed by atoms with van der Waals surface area (Å²) in [4.78, 5) is 11.9. The SMILES string of the molecule is C=C1C[C@]23C[C@H]1C(=O)C[C@H]2CCCC3O. The van der Waals surface area contributed by atoms with Crippen molar-refractivity contribution in [2.45, 2.75) is 44.6 Å². The van der Waals surface area contributed by atoms with Crippen LogP contribution < -0.4 is 0 Å². The molecule has 4 atom stereocenters. The molecule has 82 valence electrons. The molecular weight excluding hydrogens is 188 g/mol. The summed E-state index contributed by atoms with van der Waals surface area (Å²) in [5.41, 5.74) is 1.12. The molecule has 3 aliphatic rings. The molecule has 0 saturated heterocycles. The number of allylic oxidation sites excluding steroid dienone is 1. The summed E-state index contributed by atoms with van der Waals surface area (Å²) >= 11 is 0. The van der Waals surface area contributed by atoms with Gasteiger partial charge in [-0.2, -0.15) is 0 Å². The summed E-state index contributed by atoms with van der Waals surface area (Å²) in [5, 5.41) is 10.2. The first kappa shape index (κ1) is 9.59. The van der Waals surface area contributed by atoms with E-state index in [1.54, 1.807) is 0 Å². The molecule has 3 aliphatic carbocycles. The first-order valence-electron chi connectivity index (χ1n) is 6.02. The van der Waals surface area contributed by atoms with Crippen molar-refractivity contribution in [2.75, 3.05) is 0 Å². The van der Waals surface area contributed by atoms with Gasteiger partial charge in [0.2, 0.25) is 0 Å². The zero-order valence-electron chi connectivity index (χ0n) is 9.04. The third kappa shape index (κ3) is 1.12. The second-order valence-electron chi connectivity index (χ2n) is 5.64. The summed E-state index contributed by atoms with van der Waals surface area (Å²) in [6.45, 7) is 4.04. The molecule has 0 aliphatic heterocycles. The third-order valence-electron chi connectivity index (χ3n) is 4.98. The van der Waals surface area contributed by atoms with Gasteiger partial charge >= 0.3 is 0 Å². The van der Waals surface area contributed by atoms with Crippen molar-refractivity contribution < 1.29 is 9.90 Å². The van der Waals surface area contributed by atoms with Crippen LogP contribution in [0.2, 0.25) is 0 Å². The van der Waals surface area contributed by atoms with E-state index in [-0.39, 0.29) is 17.4 Å². The quantitative estimate of drug-likeness (QED) is 0.616. The van der Waals surface area contributed by atoms with E-state index in [1.807, 2.05) is 0 Å². The van der Waals surface area contributed by atoms with Crippen LogP contribution >= 0.6 is 0 Å². The standard InChI is InChI=1S/C13H18O2/c1-8-6-13-7-10(8)11(14)5-9(13)3-2-4-12(13)15/h9-10,12,15H,1-7H2/t9-,10-,12?,13+/m1/s1. The zero-order chi connectivity index (χ0) is 10.6. The lowest BCUT2D eigenvalue weighted by atomic mass is 9.59. The largest absolute Gasteiger partial charge is 0.393 e. The van der Waals surface area contributed by atoms with Gasteiger partial charge < -0.3 is 5.11 Å². The van der Waals surface area contributed by atoms with Crippen molar-refractivity contribution in [1.29, 1.82) is 0 Å². The minimum atomic E-state index is -0.189. The summed E-state index contributed by atoms with van der Waals surface area (Å²) in [6, 6.07) is 0. The van der Waals surface area contributed by atoms with Gasteiger partial charge in [-0.1, -0.05) is 18.6 Å². The fraction of sp³-hybridized carbons (Fsp3) is 0.769. The van der Waals surface area contributed by atoms with E-state index in [0.717, 1.165) is 37.7 Å². The Balaban J connectivity index is 2.01. The maximum absolute atomic E-state index is 11.9. The zero-order valence-corrected chi connectivity index (χ0v) is 9.04. The fourth-order valence-corrected chi connectivity index (χ4v) is 4.14. The summed E-state index contributed by atoms with van der Waals surface area (Å²) in [7, 11) is 0. The van der Waals surface area contributed by atoms with Crippen molar-refractivity contribution in [3.63, 3.8) is 0 Å². The van der Waals surface area contributed by atoms with Crippen LogP contribution in [-0.2, 0) is 4.79 Å². The van der Waals surface area contributed by atoms with Gasteiger partial charge in [-0.05, 0) is 31.6 Å². The smallest absolute Gasteiger partial charge is 0.140 e. The van der Waals surface area contributed by atoms with Crippen LogP contribution in [0.25, 0.3) is 0 Å². The van der Waals surface area contributed by atoms with Gasteiger partial charge in [0, 0.05) is 17.8 Å². The van der Waals surface area contributed by atoms with E-state index in [1.165, 1.54) is 0 Å². The Kier molecular flexibility index (Phi) is 1.88. The predicted octanol–water partition coefficient (Wildman–Crippen LogP) is 2.07. The van der Waals surface area contributed by atoms with Crippen LogP contribution in [0.5, 0.6) is 0 Å². The molecule has 15 heavy (non-hydrogen) atoms. The van der Waals surface area contributed by atoms with Crippen molar-refractivity contribution in [1.82, 2.24) is 0 Å². The molecule has 1 spiro atoms. The molecule has 1 unspecified atom stereocenters. The van der Waals surface area contributed by atoms with Crippen LogP contribution in [0.1, 0.15) is 38.5 Å². The minimum Gasteiger partial charge on any atom is -0.393 e. The molecule has 0 radical (unpaired) electrons. The van der Waals surface area contributed by atoms with Gasteiger partial charge in [0.25, 0.3) is 0 Å². The van der Waals surface area contributed by atoms with Crippen LogP contribution in [0.15, 0.2) is 12.2 Å². The molecular formula is C13H18O2. The molecule has 0 heterocycles. The third-order valence-corrected chi connectivity index (χ3v) is 4.98. The highest BCUT2D eigenvalue weighted by molar-refractivity contribution is 5.86. The van der Waals surface area contributed by atoms with E-state index in [0.29, 0.717) is 18.1 Å². The Morgan fingerprint density at radius 1 is 1.40 bits per heavy atom. The number of carbonyl (C=O) groups excluding carboxylic acids is 1. The molecule has 3 fully saturated rings. The number of hydrogen-bond donors (Lipinski definition) is 1. The summed E-state index contributed by atoms with van der Waals surface area (Å²) in [6.07, 6.45) is 5.42. The number of Topliss-reactive ketones (excluding diaryl/α,β-unsaturated/α-hetero) is 1. The van der Waals surface area contributed by atoms with E-state index in [2.05, 4.69) is 6.58 Å². The fourth-order valence-electron chi connectivity index (χ4n) is 4.14. The van der Waals surface area contributed by atoms with E-state index < -0.39 is 0 Å². The lowest BCUT2D eigenvalue weighted by Gasteiger charge is -2.47. The Bertz CT molecular complexity index is 333. The van der Waals surface area contributed by atoms with Crippen molar-refractivity contribution in [3.8, 4) is 0 Å².